The highest BCUT2D eigenvalue weighted by molar-refractivity contribution is 5.91. The number of pyridine rings is 1. The van der Waals surface area contributed by atoms with Crippen molar-refractivity contribution in [1.82, 2.24) is 14.8 Å². The van der Waals surface area contributed by atoms with Gasteiger partial charge in [-0.25, -0.2) is 9.18 Å². The molecule has 0 aliphatic heterocycles. The van der Waals surface area contributed by atoms with Crippen LogP contribution in [0, 0.1) is 12.7 Å². The zero-order valence-electron chi connectivity index (χ0n) is 16.5. The van der Waals surface area contributed by atoms with Gasteiger partial charge in [-0.05, 0) is 55.3 Å². The molecule has 3 rings (SSSR count). The van der Waals surface area contributed by atoms with Gasteiger partial charge < -0.3 is 4.74 Å². The lowest BCUT2D eigenvalue weighted by molar-refractivity contribution is -0.137. The van der Waals surface area contributed by atoms with Crippen LogP contribution in [0.2, 0.25) is 0 Å². The van der Waals surface area contributed by atoms with Gasteiger partial charge >= 0.3 is 12.1 Å². The fraction of sp³-hybridized carbons (Fsp3) is 0.286. The van der Waals surface area contributed by atoms with Crippen molar-refractivity contribution >= 4 is 5.97 Å². The summed E-state index contributed by atoms with van der Waals surface area (Å²) in [6.07, 6.45) is -3.19. The van der Waals surface area contributed by atoms with Crippen molar-refractivity contribution in [2.24, 2.45) is 7.05 Å². The maximum Gasteiger partial charge on any atom is 0.416 e. The van der Waals surface area contributed by atoms with Gasteiger partial charge in [-0.1, -0.05) is 0 Å². The van der Waals surface area contributed by atoms with Gasteiger partial charge in [-0.2, -0.15) is 18.3 Å². The van der Waals surface area contributed by atoms with E-state index in [1.807, 2.05) is 0 Å². The van der Waals surface area contributed by atoms with Gasteiger partial charge in [0.2, 0.25) is 0 Å². The summed E-state index contributed by atoms with van der Waals surface area (Å²) in [5.41, 5.74) is 1.74. The van der Waals surface area contributed by atoms with Crippen LogP contribution in [0.5, 0.6) is 0 Å². The van der Waals surface area contributed by atoms with Crippen molar-refractivity contribution in [3.63, 3.8) is 0 Å². The predicted molar refractivity (Wildman–Crippen MR) is 101 cm³/mol. The Morgan fingerprint density at radius 3 is 2.53 bits per heavy atom. The largest absolute Gasteiger partial charge is 0.462 e. The number of carbonyl (C=O) groups is 1. The third-order valence-electron chi connectivity index (χ3n) is 4.47. The van der Waals surface area contributed by atoms with E-state index < -0.39 is 23.5 Å². The Morgan fingerprint density at radius 1 is 1.17 bits per heavy atom. The average Bonchev–Trinajstić information content (AvgIpc) is 3.00. The van der Waals surface area contributed by atoms with Crippen LogP contribution in [0.4, 0.5) is 17.6 Å². The van der Waals surface area contributed by atoms with E-state index in [9.17, 15) is 22.4 Å². The van der Waals surface area contributed by atoms with Gasteiger partial charge in [0, 0.05) is 19.7 Å². The third kappa shape index (κ3) is 4.67. The van der Waals surface area contributed by atoms with Crippen molar-refractivity contribution < 1.29 is 27.1 Å². The number of nitrogens with zero attached hydrogens (tertiary/aromatic N) is 3. The second-order valence-corrected chi connectivity index (χ2v) is 6.77. The van der Waals surface area contributed by atoms with E-state index in [-0.39, 0.29) is 18.6 Å². The van der Waals surface area contributed by atoms with E-state index in [0.717, 1.165) is 12.1 Å². The fourth-order valence-corrected chi connectivity index (χ4v) is 3.10. The molecule has 158 valence electrons. The second-order valence-electron chi connectivity index (χ2n) is 6.77. The number of halogens is 4. The molecule has 1 aromatic carbocycles. The minimum absolute atomic E-state index is 0.0224. The van der Waals surface area contributed by atoms with Gasteiger partial charge in [0.15, 0.2) is 0 Å². The number of aromatic nitrogens is 3. The molecule has 30 heavy (non-hydrogen) atoms. The Labute approximate surface area is 170 Å². The molecular formula is C21H19F4N3O2. The van der Waals surface area contributed by atoms with Crippen LogP contribution in [0.25, 0.3) is 11.4 Å². The van der Waals surface area contributed by atoms with E-state index >= 15 is 0 Å². The second kappa shape index (κ2) is 8.25. The first-order chi connectivity index (χ1) is 14.1. The highest BCUT2D eigenvalue weighted by atomic mass is 19.4. The van der Waals surface area contributed by atoms with Gasteiger partial charge in [0.05, 0.1) is 34.8 Å². The first-order valence-corrected chi connectivity index (χ1v) is 9.12. The number of alkyl halides is 3. The summed E-state index contributed by atoms with van der Waals surface area (Å²) in [5, 5.41) is 4.30. The van der Waals surface area contributed by atoms with Crippen LogP contribution < -0.4 is 0 Å². The maximum absolute atomic E-state index is 13.6. The monoisotopic (exact) mass is 421 g/mol. The Hall–Kier alpha value is -3.23. The van der Waals surface area contributed by atoms with Crippen molar-refractivity contribution in [3.8, 4) is 11.4 Å². The van der Waals surface area contributed by atoms with Crippen LogP contribution in [0.3, 0.4) is 0 Å². The molecule has 0 unspecified atom stereocenters. The SMILES string of the molecule is CCOC(=O)c1cnc(-c2cc(Cc3cc(F)cc(C(F)(F)F)c3)nn2C)cc1C. The van der Waals surface area contributed by atoms with E-state index in [0.29, 0.717) is 34.3 Å². The van der Waals surface area contributed by atoms with E-state index in [1.165, 1.54) is 10.9 Å². The molecule has 5 nitrogen and oxygen atoms in total. The van der Waals surface area contributed by atoms with Gasteiger partial charge in [0.25, 0.3) is 0 Å². The summed E-state index contributed by atoms with van der Waals surface area (Å²) in [7, 11) is 1.67. The lowest BCUT2D eigenvalue weighted by Crippen LogP contribution is -2.08. The Kier molecular flexibility index (Phi) is 5.91. The number of ether oxygens (including phenoxy) is 1. The molecule has 0 atom stereocenters. The molecule has 0 N–H and O–H groups in total. The predicted octanol–water partition coefficient (Wildman–Crippen LogP) is 4.72. The lowest BCUT2D eigenvalue weighted by atomic mass is 10.0. The van der Waals surface area contributed by atoms with Crippen molar-refractivity contribution in [1.29, 1.82) is 0 Å². The molecular weight excluding hydrogens is 402 g/mol. The maximum atomic E-state index is 13.6. The van der Waals surface area contributed by atoms with E-state index in [4.69, 9.17) is 4.74 Å². The quantitative estimate of drug-likeness (QED) is 0.442. The topological polar surface area (TPSA) is 57.0 Å². The first-order valence-electron chi connectivity index (χ1n) is 9.12. The van der Waals surface area contributed by atoms with Crippen molar-refractivity contribution in [2.45, 2.75) is 26.4 Å². The molecule has 0 fully saturated rings. The summed E-state index contributed by atoms with van der Waals surface area (Å²) in [6, 6.07) is 5.81. The van der Waals surface area contributed by atoms with Gasteiger partial charge in [0.1, 0.15) is 5.82 Å². The standard InChI is InChI=1S/C21H19F4N3O2/c1-4-30-20(29)17-11-26-18(5-12(17)2)19-10-16(27-28(19)3)8-13-6-14(21(23,24)25)9-15(22)7-13/h5-7,9-11H,4,8H2,1-3H3. The molecule has 0 amide bonds. The summed E-state index contributed by atoms with van der Waals surface area (Å²) >= 11 is 0. The molecule has 2 aromatic heterocycles. The molecule has 3 aromatic rings. The number of benzene rings is 1. The van der Waals surface area contributed by atoms with E-state index in [2.05, 4.69) is 10.1 Å². The number of hydrogen-bond donors (Lipinski definition) is 0. The molecule has 0 aliphatic rings. The Bertz CT molecular complexity index is 1090. The number of carbonyl (C=O) groups excluding carboxylic acids is 1. The average molecular weight is 421 g/mol. The summed E-state index contributed by atoms with van der Waals surface area (Å²) in [5.74, 6) is -1.42. The molecule has 2 heterocycles. The van der Waals surface area contributed by atoms with Crippen LogP contribution in [0.15, 0.2) is 36.5 Å². The normalized spacial score (nSPS) is 11.6. The molecule has 0 radical (unpaired) electrons. The third-order valence-corrected chi connectivity index (χ3v) is 4.47. The van der Waals surface area contributed by atoms with Gasteiger partial charge in [-0.15, -0.1) is 0 Å². The summed E-state index contributed by atoms with van der Waals surface area (Å²) in [4.78, 5) is 16.2. The highest BCUT2D eigenvalue weighted by Gasteiger charge is 2.31. The minimum Gasteiger partial charge on any atom is -0.462 e. The van der Waals surface area contributed by atoms with Crippen molar-refractivity contribution in [2.75, 3.05) is 6.61 Å². The zero-order chi connectivity index (χ0) is 22.1. The Balaban J connectivity index is 1.89. The molecule has 0 saturated carbocycles. The molecule has 0 bridgehead atoms. The van der Waals surface area contributed by atoms with E-state index in [1.54, 1.807) is 33.0 Å². The van der Waals surface area contributed by atoms with Crippen LogP contribution in [-0.2, 0) is 24.4 Å². The van der Waals surface area contributed by atoms with Crippen LogP contribution in [-0.4, -0.2) is 27.3 Å². The number of esters is 1. The van der Waals surface area contributed by atoms with Crippen LogP contribution in [0.1, 0.15) is 39.7 Å². The molecule has 0 saturated heterocycles. The fourth-order valence-electron chi connectivity index (χ4n) is 3.10. The number of hydrogen-bond acceptors (Lipinski definition) is 4. The summed E-state index contributed by atoms with van der Waals surface area (Å²) in [6.45, 7) is 3.71. The molecule has 0 aliphatic carbocycles. The first kappa shape index (κ1) is 21.5. The Morgan fingerprint density at radius 2 is 1.90 bits per heavy atom. The lowest BCUT2D eigenvalue weighted by Gasteiger charge is -2.08. The smallest absolute Gasteiger partial charge is 0.416 e. The van der Waals surface area contributed by atoms with Crippen molar-refractivity contribution in [3.05, 3.63) is 70.3 Å². The number of rotatable bonds is 5. The minimum atomic E-state index is -4.63. The van der Waals surface area contributed by atoms with Gasteiger partial charge in [-0.3, -0.25) is 9.67 Å². The molecule has 0 spiro atoms. The highest BCUT2D eigenvalue weighted by Crippen LogP contribution is 2.31. The zero-order valence-corrected chi connectivity index (χ0v) is 16.5. The molecule has 9 heteroatoms. The summed E-state index contributed by atoms with van der Waals surface area (Å²) < 4.78 is 58.9. The number of aryl methyl sites for hydroxylation is 2. The van der Waals surface area contributed by atoms with Crippen LogP contribution >= 0.6 is 0 Å².